The van der Waals surface area contributed by atoms with Crippen LogP contribution >= 0.6 is 0 Å². The van der Waals surface area contributed by atoms with Crippen molar-refractivity contribution in [2.24, 2.45) is 0 Å². The summed E-state index contributed by atoms with van der Waals surface area (Å²) in [4.78, 5) is 19.8. The van der Waals surface area contributed by atoms with E-state index in [0.717, 1.165) is 35.7 Å². The normalized spacial score (nSPS) is 17.9. The molecule has 1 aliphatic heterocycles. The minimum Gasteiger partial charge on any atom is -0.478 e. The second kappa shape index (κ2) is 4.85. The molecule has 1 aliphatic rings. The molecule has 1 unspecified atom stereocenters. The van der Waals surface area contributed by atoms with Gasteiger partial charge in [0.1, 0.15) is 5.82 Å². The van der Waals surface area contributed by atoms with Crippen LogP contribution in [0.25, 0.3) is 11.2 Å². The Bertz CT molecular complexity index is 777. The van der Waals surface area contributed by atoms with E-state index in [1.54, 1.807) is 6.33 Å². The predicted octanol–water partition coefficient (Wildman–Crippen LogP) is 1.47. The number of imidazole rings is 2. The maximum Gasteiger partial charge on any atom is 0.215 e. The van der Waals surface area contributed by atoms with E-state index in [0.29, 0.717) is 18.1 Å². The summed E-state index contributed by atoms with van der Waals surface area (Å²) in [6, 6.07) is 3.94. The smallest absolute Gasteiger partial charge is 0.215 e. The van der Waals surface area contributed by atoms with Gasteiger partial charge >= 0.3 is 0 Å². The highest BCUT2D eigenvalue weighted by atomic mass is 16.5. The van der Waals surface area contributed by atoms with Crippen molar-refractivity contribution >= 4 is 11.2 Å². The summed E-state index contributed by atoms with van der Waals surface area (Å²) in [5, 5.41) is 3.45. The Morgan fingerprint density at radius 3 is 3.19 bits per heavy atom. The fourth-order valence-corrected chi connectivity index (χ4v) is 2.65. The van der Waals surface area contributed by atoms with Gasteiger partial charge in [-0.15, -0.1) is 0 Å². The van der Waals surface area contributed by atoms with Gasteiger partial charge in [-0.25, -0.2) is 9.97 Å². The highest BCUT2D eigenvalue weighted by Crippen LogP contribution is 2.24. The summed E-state index contributed by atoms with van der Waals surface area (Å²) in [5.74, 6) is 1.49. The molecule has 0 saturated heterocycles. The maximum absolute atomic E-state index is 5.41. The number of fused-ring (bicyclic) bond motifs is 2. The lowest BCUT2D eigenvalue weighted by Crippen LogP contribution is -2.29. The summed E-state index contributed by atoms with van der Waals surface area (Å²) in [5.41, 5.74) is 3.86. The average Bonchev–Trinajstić information content (AvgIpc) is 3.12. The lowest BCUT2D eigenvalue weighted by molar-refractivity contribution is 0.328. The topological polar surface area (TPSA) is 91.5 Å². The van der Waals surface area contributed by atoms with Gasteiger partial charge in [0.05, 0.1) is 35.9 Å². The van der Waals surface area contributed by atoms with Crippen molar-refractivity contribution in [3.05, 3.63) is 35.7 Å². The van der Waals surface area contributed by atoms with Crippen molar-refractivity contribution in [3.8, 4) is 5.88 Å². The van der Waals surface area contributed by atoms with E-state index in [9.17, 15) is 0 Å². The summed E-state index contributed by atoms with van der Waals surface area (Å²) in [7, 11) is 0. The van der Waals surface area contributed by atoms with E-state index >= 15 is 0 Å². The molecule has 0 radical (unpaired) electrons. The third-order valence-corrected chi connectivity index (χ3v) is 3.69. The van der Waals surface area contributed by atoms with E-state index in [-0.39, 0.29) is 6.04 Å². The van der Waals surface area contributed by atoms with Crippen LogP contribution in [-0.4, -0.2) is 31.5 Å². The number of nitrogens with zero attached hydrogens (tertiary/aromatic N) is 3. The second-order valence-corrected chi connectivity index (χ2v) is 5.04. The molecule has 3 aromatic rings. The average molecular weight is 284 g/mol. The molecular weight excluding hydrogens is 268 g/mol. The van der Waals surface area contributed by atoms with Crippen molar-refractivity contribution in [3.63, 3.8) is 0 Å². The van der Waals surface area contributed by atoms with Gasteiger partial charge in [0, 0.05) is 19.0 Å². The first kappa shape index (κ1) is 12.3. The third kappa shape index (κ3) is 2.15. The molecule has 0 amide bonds. The Morgan fingerprint density at radius 1 is 1.33 bits per heavy atom. The van der Waals surface area contributed by atoms with Crippen LogP contribution in [0.15, 0.2) is 18.5 Å². The SMILES string of the molecule is CCOc1ccc2[nH]c(C3Cc4nc[nH]c4CN3)nc2n1. The van der Waals surface area contributed by atoms with Crippen LogP contribution in [0.5, 0.6) is 5.88 Å². The quantitative estimate of drug-likeness (QED) is 0.677. The van der Waals surface area contributed by atoms with Crippen LogP contribution in [0.3, 0.4) is 0 Å². The molecule has 4 heterocycles. The molecule has 0 saturated carbocycles. The minimum atomic E-state index is 0.130. The van der Waals surface area contributed by atoms with E-state index in [4.69, 9.17) is 4.74 Å². The van der Waals surface area contributed by atoms with Crippen molar-refractivity contribution in [2.45, 2.75) is 25.9 Å². The first-order chi connectivity index (χ1) is 10.3. The van der Waals surface area contributed by atoms with Gasteiger partial charge in [0.2, 0.25) is 5.88 Å². The molecule has 0 aliphatic carbocycles. The molecule has 4 rings (SSSR count). The highest BCUT2D eigenvalue weighted by Gasteiger charge is 2.24. The number of aromatic nitrogens is 5. The zero-order chi connectivity index (χ0) is 14.2. The Kier molecular flexibility index (Phi) is 2.85. The fourth-order valence-electron chi connectivity index (χ4n) is 2.65. The summed E-state index contributed by atoms with van der Waals surface area (Å²) in [6.07, 6.45) is 2.56. The zero-order valence-corrected chi connectivity index (χ0v) is 11.7. The van der Waals surface area contributed by atoms with Crippen LogP contribution in [0.1, 0.15) is 30.2 Å². The van der Waals surface area contributed by atoms with Gasteiger partial charge in [-0.05, 0) is 13.0 Å². The summed E-state index contributed by atoms with van der Waals surface area (Å²) < 4.78 is 5.41. The Balaban J connectivity index is 1.65. The molecule has 0 spiro atoms. The molecule has 7 nitrogen and oxygen atoms in total. The monoisotopic (exact) mass is 284 g/mol. The number of pyridine rings is 1. The van der Waals surface area contributed by atoms with Crippen LogP contribution in [0, 0.1) is 0 Å². The molecular formula is C14H16N6O. The molecule has 0 bridgehead atoms. The van der Waals surface area contributed by atoms with Crippen molar-refractivity contribution in [2.75, 3.05) is 6.61 Å². The number of H-pyrrole nitrogens is 2. The fraction of sp³-hybridized carbons (Fsp3) is 0.357. The van der Waals surface area contributed by atoms with Crippen molar-refractivity contribution < 1.29 is 4.74 Å². The van der Waals surface area contributed by atoms with Crippen molar-refractivity contribution in [1.82, 2.24) is 30.2 Å². The van der Waals surface area contributed by atoms with Gasteiger partial charge in [0.15, 0.2) is 5.65 Å². The number of rotatable bonds is 3. The van der Waals surface area contributed by atoms with E-state index < -0.39 is 0 Å². The summed E-state index contributed by atoms with van der Waals surface area (Å²) >= 11 is 0. The number of aromatic amines is 2. The number of hydrogen-bond acceptors (Lipinski definition) is 5. The van der Waals surface area contributed by atoms with E-state index in [2.05, 4.69) is 30.2 Å². The molecule has 0 aromatic carbocycles. The van der Waals surface area contributed by atoms with Gasteiger partial charge in [-0.2, -0.15) is 4.98 Å². The lowest BCUT2D eigenvalue weighted by atomic mass is 10.1. The van der Waals surface area contributed by atoms with Gasteiger partial charge in [-0.3, -0.25) is 0 Å². The van der Waals surface area contributed by atoms with Crippen molar-refractivity contribution in [1.29, 1.82) is 0 Å². The molecule has 0 fully saturated rings. The second-order valence-electron chi connectivity index (χ2n) is 5.04. The molecule has 108 valence electrons. The Hall–Kier alpha value is -2.41. The van der Waals surface area contributed by atoms with E-state index in [1.807, 2.05) is 19.1 Å². The van der Waals surface area contributed by atoms with Crippen LogP contribution in [-0.2, 0) is 13.0 Å². The van der Waals surface area contributed by atoms with Gasteiger partial charge in [0.25, 0.3) is 0 Å². The van der Waals surface area contributed by atoms with Gasteiger partial charge < -0.3 is 20.0 Å². The standard InChI is InChI=1S/C14H16N6O/c1-2-21-12-4-3-8-13(19-12)20-14(18-8)10-5-9-11(6-15-10)17-7-16-9/h3-4,7,10,15H,2,5-6H2,1H3,(H,16,17)(H,18,19,20). The Labute approximate surface area is 121 Å². The Morgan fingerprint density at radius 2 is 2.29 bits per heavy atom. The zero-order valence-electron chi connectivity index (χ0n) is 11.7. The molecule has 3 aromatic heterocycles. The molecule has 7 heteroatoms. The van der Waals surface area contributed by atoms with Crippen LogP contribution < -0.4 is 10.1 Å². The molecule has 3 N–H and O–H groups in total. The maximum atomic E-state index is 5.41. The number of ether oxygens (including phenoxy) is 1. The molecule has 1 atom stereocenters. The first-order valence-corrected chi connectivity index (χ1v) is 7.07. The van der Waals surface area contributed by atoms with Gasteiger partial charge in [-0.1, -0.05) is 0 Å². The first-order valence-electron chi connectivity index (χ1n) is 7.07. The van der Waals surface area contributed by atoms with Crippen LogP contribution in [0.2, 0.25) is 0 Å². The van der Waals surface area contributed by atoms with E-state index in [1.165, 1.54) is 0 Å². The number of hydrogen-bond donors (Lipinski definition) is 3. The lowest BCUT2D eigenvalue weighted by Gasteiger charge is -2.20. The minimum absolute atomic E-state index is 0.130. The highest BCUT2D eigenvalue weighted by molar-refractivity contribution is 5.71. The third-order valence-electron chi connectivity index (χ3n) is 3.69. The van der Waals surface area contributed by atoms with Crippen LogP contribution in [0.4, 0.5) is 0 Å². The number of nitrogens with one attached hydrogen (secondary N) is 3. The molecule has 21 heavy (non-hydrogen) atoms. The predicted molar refractivity (Wildman–Crippen MR) is 76.9 cm³/mol. The summed E-state index contributed by atoms with van der Waals surface area (Å²) in [6.45, 7) is 3.31. The largest absolute Gasteiger partial charge is 0.478 e.